The monoisotopic (exact) mass is 301 g/mol. The van der Waals surface area contributed by atoms with Crippen LogP contribution >= 0.6 is 0 Å². The van der Waals surface area contributed by atoms with Crippen LogP contribution in [0.1, 0.15) is 94.1 Å². The van der Waals surface area contributed by atoms with E-state index in [-0.39, 0.29) is 11.3 Å². The minimum atomic E-state index is -0.0237. The zero-order valence-electron chi connectivity index (χ0n) is 14.8. The van der Waals surface area contributed by atoms with Crippen molar-refractivity contribution in [2.75, 3.05) is 0 Å². The number of nitrogens with one attached hydrogen (secondary N) is 1. The summed E-state index contributed by atoms with van der Waals surface area (Å²) in [4.78, 5) is 12.8. The Kier molecular flexibility index (Phi) is 5.31. The van der Waals surface area contributed by atoms with E-state index in [0.717, 1.165) is 24.0 Å². The molecule has 0 unspecified atom stereocenters. The third-order valence-electron chi connectivity index (χ3n) is 4.70. The second-order valence-electron chi connectivity index (χ2n) is 8.02. The zero-order valence-corrected chi connectivity index (χ0v) is 14.8. The zero-order chi connectivity index (χ0) is 16.3. The smallest absolute Gasteiger partial charge is 0.251 e. The minimum absolute atomic E-state index is 0.0237. The van der Waals surface area contributed by atoms with Crippen LogP contribution in [-0.2, 0) is 5.41 Å². The van der Waals surface area contributed by atoms with Crippen LogP contribution in [-0.4, -0.2) is 11.9 Å². The van der Waals surface area contributed by atoms with Gasteiger partial charge in [0, 0.05) is 11.6 Å². The van der Waals surface area contributed by atoms with E-state index in [4.69, 9.17) is 0 Å². The molecule has 1 aliphatic carbocycles. The molecule has 2 nitrogen and oxygen atoms in total. The van der Waals surface area contributed by atoms with Gasteiger partial charge in [0.1, 0.15) is 0 Å². The van der Waals surface area contributed by atoms with Gasteiger partial charge < -0.3 is 5.32 Å². The summed E-state index contributed by atoms with van der Waals surface area (Å²) >= 11 is 0. The van der Waals surface area contributed by atoms with Crippen molar-refractivity contribution in [1.82, 2.24) is 5.32 Å². The quantitative estimate of drug-likeness (QED) is 0.820. The van der Waals surface area contributed by atoms with Gasteiger partial charge in [-0.1, -0.05) is 66.0 Å². The van der Waals surface area contributed by atoms with Crippen molar-refractivity contribution in [1.29, 1.82) is 0 Å². The number of hydrogen-bond donors (Lipinski definition) is 1. The van der Waals surface area contributed by atoms with Crippen molar-refractivity contribution >= 4 is 5.91 Å². The van der Waals surface area contributed by atoms with E-state index >= 15 is 0 Å². The van der Waals surface area contributed by atoms with Crippen LogP contribution in [0.2, 0.25) is 0 Å². The molecule has 22 heavy (non-hydrogen) atoms. The van der Waals surface area contributed by atoms with Crippen LogP contribution in [0.5, 0.6) is 0 Å². The van der Waals surface area contributed by atoms with Gasteiger partial charge in [0.05, 0.1) is 0 Å². The predicted octanol–water partition coefficient (Wildman–Crippen LogP) is 5.17. The first kappa shape index (κ1) is 17.1. The molecule has 1 amide bonds. The molecule has 0 bridgehead atoms. The Balaban J connectivity index is 2.26. The predicted molar refractivity (Wildman–Crippen MR) is 93.6 cm³/mol. The normalized spacial score (nSPS) is 16.8. The molecular formula is C20H31NO. The average Bonchev–Trinajstić information content (AvgIpc) is 2.46. The summed E-state index contributed by atoms with van der Waals surface area (Å²) in [7, 11) is 0. The van der Waals surface area contributed by atoms with E-state index in [2.05, 4.69) is 52.1 Å². The summed E-state index contributed by atoms with van der Waals surface area (Å²) in [5.41, 5.74) is 3.29. The van der Waals surface area contributed by atoms with Crippen molar-refractivity contribution in [2.24, 2.45) is 0 Å². The fourth-order valence-corrected chi connectivity index (χ4v) is 3.25. The van der Waals surface area contributed by atoms with Gasteiger partial charge in [0.15, 0.2) is 0 Å². The highest BCUT2D eigenvalue weighted by Gasteiger charge is 2.24. The molecule has 1 fully saturated rings. The maximum atomic E-state index is 12.8. The molecule has 1 N–H and O–H groups in total. The summed E-state index contributed by atoms with van der Waals surface area (Å²) in [5.74, 6) is 0.587. The Morgan fingerprint density at radius 3 is 2.32 bits per heavy atom. The second-order valence-corrected chi connectivity index (χ2v) is 8.02. The van der Waals surface area contributed by atoms with E-state index in [0.29, 0.717) is 12.0 Å². The summed E-state index contributed by atoms with van der Waals surface area (Å²) in [5, 5.41) is 3.26. The van der Waals surface area contributed by atoms with E-state index in [1.807, 2.05) is 6.07 Å². The van der Waals surface area contributed by atoms with Crippen LogP contribution in [0, 0.1) is 0 Å². The van der Waals surface area contributed by atoms with Crippen LogP contribution in [0.25, 0.3) is 0 Å². The van der Waals surface area contributed by atoms with E-state index < -0.39 is 0 Å². The molecule has 0 heterocycles. The molecule has 0 spiro atoms. The van der Waals surface area contributed by atoms with Crippen molar-refractivity contribution < 1.29 is 4.79 Å². The molecule has 1 aromatic carbocycles. The van der Waals surface area contributed by atoms with Gasteiger partial charge in [-0.05, 0) is 41.4 Å². The molecule has 0 radical (unpaired) electrons. The maximum absolute atomic E-state index is 12.8. The number of amides is 1. The van der Waals surface area contributed by atoms with E-state index in [1.165, 1.54) is 24.8 Å². The lowest BCUT2D eigenvalue weighted by molar-refractivity contribution is 0.0925. The van der Waals surface area contributed by atoms with Gasteiger partial charge in [-0.3, -0.25) is 4.79 Å². The molecule has 0 aromatic heterocycles. The lowest BCUT2D eigenvalue weighted by Crippen LogP contribution is -2.37. The largest absolute Gasteiger partial charge is 0.349 e. The highest BCUT2D eigenvalue weighted by molar-refractivity contribution is 5.96. The summed E-state index contributed by atoms with van der Waals surface area (Å²) in [6.45, 7) is 10.9. The van der Waals surface area contributed by atoms with Crippen molar-refractivity contribution in [3.8, 4) is 0 Å². The van der Waals surface area contributed by atoms with Gasteiger partial charge in [0.25, 0.3) is 5.91 Å². The first-order valence-corrected chi connectivity index (χ1v) is 8.74. The van der Waals surface area contributed by atoms with Crippen molar-refractivity contribution in [2.45, 2.75) is 84.1 Å². The first-order valence-electron chi connectivity index (χ1n) is 8.74. The van der Waals surface area contributed by atoms with Gasteiger partial charge in [-0.25, -0.2) is 0 Å². The van der Waals surface area contributed by atoms with Crippen LogP contribution in [0.3, 0.4) is 0 Å². The highest BCUT2D eigenvalue weighted by Crippen LogP contribution is 2.29. The number of carbonyl (C=O) groups is 1. The molecular weight excluding hydrogens is 270 g/mol. The molecule has 0 atom stereocenters. The minimum Gasteiger partial charge on any atom is -0.349 e. The fourth-order valence-electron chi connectivity index (χ4n) is 3.25. The third kappa shape index (κ3) is 4.12. The molecule has 1 aromatic rings. The second kappa shape index (κ2) is 6.85. The molecule has 2 rings (SSSR count). The fraction of sp³-hybridized carbons (Fsp3) is 0.650. The number of hydrogen-bond acceptors (Lipinski definition) is 1. The van der Waals surface area contributed by atoms with Gasteiger partial charge in [-0.15, -0.1) is 0 Å². The standard InChI is InChI=1S/C20H31NO/c1-14(2)15-11-12-17(18(13-15)20(3,4)5)19(22)21-16-9-7-6-8-10-16/h11-14,16H,6-10H2,1-5H3,(H,21,22). The topological polar surface area (TPSA) is 29.1 Å². The van der Waals surface area contributed by atoms with E-state index in [9.17, 15) is 4.79 Å². The molecule has 0 aliphatic heterocycles. The maximum Gasteiger partial charge on any atom is 0.251 e. The molecule has 1 saturated carbocycles. The van der Waals surface area contributed by atoms with Crippen LogP contribution in [0.4, 0.5) is 0 Å². The molecule has 0 saturated heterocycles. The number of rotatable bonds is 3. The Hall–Kier alpha value is -1.31. The Bertz CT molecular complexity index is 519. The molecule has 122 valence electrons. The van der Waals surface area contributed by atoms with Crippen LogP contribution in [0.15, 0.2) is 18.2 Å². The van der Waals surface area contributed by atoms with Crippen molar-refractivity contribution in [3.63, 3.8) is 0 Å². The lowest BCUT2D eigenvalue weighted by Gasteiger charge is -2.27. The first-order chi connectivity index (χ1) is 10.3. The number of benzene rings is 1. The SMILES string of the molecule is CC(C)c1ccc(C(=O)NC2CCCCC2)c(C(C)(C)C)c1. The summed E-state index contributed by atoms with van der Waals surface area (Å²) < 4.78 is 0. The third-order valence-corrected chi connectivity index (χ3v) is 4.70. The lowest BCUT2D eigenvalue weighted by atomic mass is 9.81. The Morgan fingerprint density at radius 2 is 1.77 bits per heavy atom. The average molecular weight is 301 g/mol. The van der Waals surface area contributed by atoms with Crippen molar-refractivity contribution in [3.05, 3.63) is 34.9 Å². The van der Waals surface area contributed by atoms with Gasteiger partial charge in [-0.2, -0.15) is 0 Å². The Morgan fingerprint density at radius 1 is 1.14 bits per heavy atom. The van der Waals surface area contributed by atoms with Crippen LogP contribution < -0.4 is 5.32 Å². The van der Waals surface area contributed by atoms with E-state index in [1.54, 1.807) is 0 Å². The summed E-state index contributed by atoms with van der Waals surface area (Å²) in [6.07, 6.45) is 6.04. The Labute approximate surface area is 135 Å². The number of carbonyl (C=O) groups excluding carboxylic acids is 1. The molecule has 1 aliphatic rings. The summed E-state index contributed by atoms with van der Waals surface area (Å²) in [6, 6.07) is 6.71. The highest BCUT2D eigenvalue weighted by atomic mass is 16.1. The van der Waals surface area contributed by atoms with Gasteiger partial charge in [0.2, 0.25) is 0 Å². The van der Waals surface area contributed by atoms with Gasteiger partial charge >= 0.3 is 0 Å². The molecule has 2 heteroatoms.